The van der Waals surface area contributed by atoms with Gasteiger partial charge in [-0.25, -0.2) is 4.98 Å². The summed E-state index contributed by atoms with van der Waals surface area (Å²) in [5, 5.41) is 11.0. The van der Waals surface area contributed by atoms with E-state index in [0.717, 1.165) is 24.4 Å². The van der Waals surface area contributed by atoms with Crippen LogP contribution in [0.5, 0.6) is 0 Å². The second kappa shape index (κ2) is 4.85. The van der Waals surface area contributed by atoms with Crippen LogP contribution in [0.15, 0.2) is 0 Å². The zero-order valence-electron chi connectivity index (χ0n) is 8.91. The molecule has 0 saturated carbocycles. The highest BCUT2D eigenvalue weighted by Crippen LogP contribution is 2.01. The van der Waals surface area contributed by atoms with Gasteiger partial charge in [-0.05, 0) is 27.2 Å². The first-order valence-corrected chi connectivity index (χ1v) is 4.77. The summed E-state index contributed by atoms with van der Waals surface area (Å²) in [6.45, 7) is 6.56. The van der Waals surface area contributed by atoms with Crippen molar-refractivity contribution in [2.75, 3.05) is 11.9 Å². The molecule has 0 fully saturated rings. The van der Waals surface area contributed by atoms with Crippen molar-refractivity contribution in [2.45, 2.75) is 33.2 Å². The summed E-state index contributed by atoms with van der Waals surface area (Å²) in [5.74, 6) is 0.578. The predicted octanol–water partition coefficient (Wildman–Crippen LogP) is 0.638. The number of nitrogens with zero attached hydrogens (tertiary/aromatic N) is 3. The van der Waals surface area contributed by atoms with Gasteiger partial charge in [-0.1, -0.05) is 0 Å². The minimum absolute atomic E-state index is 0.196. The van der Waals surface area contributed by atoms with Crippen molar-refractivity contribution in [3.8, 4) is 0 Å². The Hall–Kier alpha value is -1.23. The lowest BCUT2D eigenvalue weighted by Crippen LogP contribution is -2.20. The van der Waals surface area contributed by atoms with Gasteiger partial charge in [0.1, 0.15) is 0 Å². The van der Waals surface area contributed by atoms with E-state index >= 15 is 0 Å². The molecular formula is C9H17N5. The minimum atomic E-state index is 0.196. The summed E-state index contributed by atoms with van der Waals surface area (Å²) in [4.78, 5) is 4.24. The normalized spacial score (nSPS) is 12.6. The Morgan fingerprint density at radius 2 is 2.00 bits per heavy atom. The van der Waals surface area contributed by atoms with E-state index in [1.165, 1.54) is 0 Å². The van der Waals surface area contributed by atoms with Gasteiger partial charge < -0.3 is 11.1 Å². The average Bonchev–Trinajstić information content (AvgIpc) is 2.10. The lowest BCUT2D eigenvalue weighted by atomic mass is 10.2. The number of aromatic nitrogens is 3. The number of nitrogens with two attached hydrogens (primary N) is 1. The lowest BCUT2D eigenvalue weighted by Gasteiger charge is -2.07. The van der Waals surface area contributed by atoms with Gasteiger partial charge in [-0.3, -0.25) is 0 Å². The highest BCUT2D eigenvalue weighted by atomic mass is 15.2. The van der Waals surface area contributed by atoms with Gasteiger partial charge >= 0.3 is 0 Å². The van der Waals surface area contributed by atoms with Crippen LogP contribution in [0.2, 0.25) is 0 Å². The van der Waals surface area contributed by atoms with Gasteiger partial charge in [0.25, 0.3) is 0 Å². The fourth-order valence-electron chi connectivity index (χ4n) is 0.943. The maximum Gasteiger partial charge on any atom is 0.242 e. The Bertz CT molecular complexity index is 297. The Kier molecular flexibility index (Phi) is 3.76. The first-order chi connectivity index (χ1) is 6.59. The zero-order valence-corrected chi connectivity index (χ0v) is 8.91. The standard InChI is InChI=1S/C9H17N5/c1-6(10)4-5-11-9-12-7(2)8(3)13-14-9/h6H,4-5,10H2,1-3H3,(H,11,12,14). The van der Waals surface area contributed by atoms with Crippen LogP contribution >= 0.6 is 0 Å². The summed E-state index contributed by atoms with van der Waals surface area (Å²) in [6, 6.07) is 0.196. The van der Waals surface area contributed by atoms with Crippen LogP contribution in [0.1, 0.15) is 24.7 Å². The van der Waals surface area contributed by atoms with Gasteiger partial charge in [0, 0.05) is 12.6 Å². The number of nitrogens with one attached hydrogen (secondary N) is 1. The first-order valence-electron chi connectivity index (χ1n) is 4.77. The van der Waals surface area contributed by atoms with E-state index in [9.17, 15) is 0 Å². The van der Waals surface area contributed by atoms with Crippen LogP contribution in [-0.2, 0) is 0 Å². The topological polar surface area (TPSA) is 76.7 Å². The highest BCUT2D eigenvalue weighted by molar-refractivity contribution is 5.24. The molecule has 0 aliphatic carbocycles. The summed E-state index contributed by atoms with van der Waals surface area (Å²) in [5.41, 5.74) is 7.38. The van der Waals surface area contributed by atoms with Crippen LogP contribution < -0.4 is 11.1 Å². The Labute approximate surface area is 84.1 Å². The number of hydrogen-bond donors (Lipinski definition) is 2. The van der Waals surface area contributed by atoms with Gasteiger partial charge in [0.15, 0.2) is 0 Å². The summed E-state index contributed by atoms with van der Waals surface area (Å²) >= 11 is 0. The quantitative estimate of drug-likeness (QED) is 0.737. The van der Waals surface area contributed by atoms with Gasteiger partial charge in [-0.2, -0.15) is 5.10 Å². The molecule has 3 N–H and O–H groups in total. The number of anilines is 1. The molecule has 0 radical (unpaired) electrons. The van der Waals surface area contributed by atoms with Crippen LogP contribution in [0.3, 0.4) is 0 Å². The second-order valence-corrected chi connectivity index (χ2v) is 3.50. The van der Waals surface area contributed by atoms with Crippen molar-refractivity contribution >= 4 is 5.95 Å². The summed E-state index contributed by atoms with van der Waals surface area (Å²) in [7, 11) is 0. The van der Waals surface area contributed by atoms with E-state index < -0.39 is 0 Å². The van der Waals surface area contributed by atoms with Crippen LogP contribution in [0, 0.1) is 13.8 Å². The Morgan fingerprint density at radius 1 is 1.29 bits per heavy atom. The molecule has 0 bridgehead atoms. The molecule has 78 valence electrons. The molecular weight excluding hydrogens is 178 g/mol. The molecule has 0 amide bonds. The molecule has 1 rings (SSSR count). The molecule has 0 saturated heterocycles. The molecule has 0 aliphatic heterocycles. The van der Waals surface area contributed by atoms with Crippen molar-refractivity contribution in [3.63, 3.8) is 0 Å². The molecule has 14 heavy (non-hydrogen) atoms. The molecule has 0 aliphatic rings. The van der Waals surface area contributed by atoms with Crippen molar-refractivity contribution in [1.29, 1.82) is 0 Å². The van der Waals surface area contributed by atoms with Crippen molar-refractivity contribution in [1.82, 2.24) is 15.2 Å². The smallest absolute Gasteiger partial charge is 0.242 e. The third kappa shape index (κ3) is 3.26. The van der Waals surface area contributed by atoms with E-state index in [-0.39, 0.29) is 6.04 Å². The molecule has 1 aromatic heterocycles. The number of rotatable bonds is 4. The van der Waals surface area contributed by atoms with Crippen molar-refractivity contribution < 1.29 is 0 Å². The summed E-state index contributed by atoms with van der Waals surface area (Å²) < 4.78 is 0. The average molecular weight is 195 g/mol. The molecule has 1 aromatic rings. The zero-order chi connectivity index (χ0) is 10.6. The van der Waals surface area contributed by atoms with Gasteiger partial charge in [0.2, 0.25) is 5.95 Å². The van der Waals surface area contributed by atoms with Gasteiger partial charge in [0.05, 0.1) is 11.4 Å². The van der Waals surface area contributed by atoms with E-state index in [1.54, 1.807) is 0 Å². The summed E-state index contributed by atoms with van der Waals surface area (Å²) in [6.07, 6.45) is 0.899. The third-order valence-corrected chi connectivity index (χ3v) is 1.97. The molecule has 1 heterocycles. The van der Waals surface area contributed by atoms with Crippen LogP contribution in [-0.4, -0.2) is 27.8 Å². The highest BCUT2D eigenvalue weighted by Gasteiger charge is 2.00. The van der Waals surface area contributed by atoms with Crippen LogP contribution in [0.4, 0.5) is 5.95 Å². The fraction of sp³-hybridized carbons (Fsp3) is 0.667. The largest absolute Gasteiger partial charge is 0.353 e. The number of aryl methyl sites for hydroxylation is 2. The fourth-order valence-corrected chi connectivity index (χ4v) is 0.943. The SMILES string of the molecule is Cc1nnc(NCCC(C)N)nc1C. The Balaban J connectivity index is 2.47. The van der Waals surface area contributed by atoms with Crippen LogP contribution in [0.25, 0.3) is 0 Å². The maximum absolute atomic E-state index is 5.61. The Morgan fingerprint density at radius 3 is 2.57 bits per heavy atom. The maximum atomic E-state index is 5.61. The van der Waals surface area contributed by atoms with Crippen molar-refractivity contribution in [3.05, 3.63) is 11.4 Å². The van der Waals surface area contributed by atoms with Gasteiger partial charge in [-0.15, -0.1) is 5.10 Å². The molecule has 5 heteroatoms. The monoisotopic (exact) mass is 195 g/mol. The second-order valence-electron chi connectivity index (χ2n) is 3.50. The molecule has 1 atom stereocenters. The minimum Gasteiger partial charge on any atom is -0.353 e. The molecule has 1 unspecified atom stereocenters. The molecule has 5 nitrogen and oxygen atoms in total. The van der Waals surface area contributed by atoms with E-state index in [4.69, 9.17) is 5.73 Å². The van der Waals surface area contributed by atoms with E-state index in [2.05, 4.69) is 20.5 Å². The van der Waals surface area contributed by atoms with E-state index in [1.807, 2.05) is 20.8 Å². The third-order valence-electron chi connectivity index (χ3n) is 1.97. The number of hydrogen-bond acceptors (Lipinski definition) is 5. The molecule has 0 spiro atoms. The van der Waals surface area contributed by atoms with E-state index in [0.29, 0.717) is 5.95 Å². The molecule has 0 aromatic carbocycles. The first kappa shape index (κ1) is 10.8. The predicted molar refractivity (Wildman–Crippen MR) is 56.1 cm³/mol. The van der Waals surface area contributed by atoms with Crippen molar-refractivity contribution in [2.24, 2.45) is 5.73 Å². The lowest BCUT2D eigenvalue weighted by molar-refractivity contribution is 0.686.